The van der Waals surface area contributed by atoms with Gasteiger partial charge < -0.3 is 10.6 Å². The fourth-order valence-electron chi connectivity index (χ4n) is 2.00. The lowest BCUT2D eigenvalue weighted by Crippen LogP contribution is -2.43. The second-order valence-electron chi connectivity index (χ2n) is 4.70. The molecule has 0 aliphatic rings. The Morgan fingerprint density at radius 1 is 1.32 bits per heavy atom. The van der Waals surface area contributed by atoms with Gasteiger partial charge in [0.15, 0.2) is 0 Å². The molecule has 0 saturated carbocycles. The summed E-state index contributed by atoms with van der Waals surface area (Å²) in [4.78, 5) is 17.5. The Labute approximate surface area is 134 Å². The summed E-state index contributed by atoms with van der Waals surface area (Å²) in [7, 11) is 1.57. The quantitative estimate of drug-likeness (QED) is 0.935. The molecule has 2 N–H and O–H groups in total. The first kappa shape index (κ1) is 18.1. The van der Waals surface area contributed by atoms with Gasteiger partial charge in [0.05, 0.1) is 17.9 Å². The number of nitrogens with zero attached hydrogens (tertiary/aromatic N) is 2. The van der Waals surface area contributed by atoms with E-state index in [0.717, 1.165) is 6.07 Å². The van der Waals surface area contributed by atoms with E-state index in [9.17, 15) is 13.6 Å². The third-order valence-electron chi connectivity index (χ3n) is 3.06. The van der Waals surface area contributed by atoms with Crippen LogP contribution in [0.1, 0.15) is 5.56 Å². The Hall–Kier alpha value is -1.99. The average molecular weight is 325 g/mol. The number of hydrogen-bond donors (Lipinski definition) is 1. The van der Waals surface area contributed by atoms with Crippen molar-refractivity contribution in [3.63, 3.8) is 0 Å². The first-order valence-electron chi connectivity index (χ1n) is 6.35. The van der Waals surface area contributed by atoms with Crippen molar-refractivity contribution in [1.29, 1.82) is 0 Å². The lowest BCUT2D eigenvalue weighted by Gasteiger charge is -2.21. The van der Waals surface area contributed by atoms with Gasteiger partial charge in [0.25, 0.3) is 0 Å². The fraction of sp³-hybridized carbons (Fsp3) is 0.200. The van der Waals surface area contributed by atoms with E-state index in [-0.39, 0.29) is 25.8 Å². The van der Waals surface area contributed by atoms with Gasteiger partial charge >= 0.3 is 0 Å². The summed E-state index contributed by atoms with van der Waals surface area (Å²) in [5, 5.41) is 0. The highest BCUT2D eigenvalue weighted by Gasteiger charge is 2.20. The van der Waals surface area contributed by atoms with Gasteiger partial charge in [0.1, 0.15) is 11.6 Å². The zero-order valence-electron chi connectivity index (χ0n) is 12.0. The van der Waals surface area contributed by atoms with Gasteiger partial charge in [-0.1, -0.05) is 0 Å². The Balaban J connectivity index is 0.00000242. The van der Waals surface area contributed by atoms with E-state index in [1.807, 2.05) is 0 Å². The predicted molar refractivity (Wildman–Crippen MR) is 86.1 cm³/mol. The molecule has 22 heavy (non-hydrogen) atoms. The molecule has 0 fully saturated rings. The normalized spacial score (nSPS) is 11.5. The van der Waals surface area contributed by atoms with Crippen LogP contribution < -0.4 is 10.6 Å². The fourth-order valence-corrected chi connectivity index (χ4v) is 2.00. The number of aromatic nitrogens is 1. The van der Waals surface area contributed by atoms with Crippen LogP contribution in [0.3, 0.4) is 0 Å². The molecule has 2 aromatic rings. The summed E-state index contributed by atoms with van der Waals surface area (Å²) < 4.78 is 26.2. The van der Waals surface area contributed by atoms with Crippen molar-refractivity contribution in [3.8, 4) is 0 Å². The molecule has 7 heteroatoms. The minimum atomic E-state index is -0.892. The molecule has 118 valence electrons. The van der Waals surface area contributed by atoms with Crippen molar-refractivity contribution in [3.05, 3.63) is 59.9 Å². The van der Waals surface area contributed by atoms with Crippen LogP contribution in [0.2, 0.25) is 0 Å². The molecule has 1 aromatic heterocycles. The van der Waals surface area contributed by atoms with Crippen molar-refractivity contribution in [2.45, 2.75) is 12.5 Å². The number of carbonyl (C=O) groups is 1. The van der Waals surface area contributed by atoms with Crippen molar-refractivity contribution < 1.29 is 13.6 Å². The van der Waals surface area contributed by atoms with Crippen LogP contribution in [0.5, 0.6) is 0 Å². The van der Waals surface area contributed by atoms with E-state index in [0.29, 0.717) is 11.3 Å². The van der Waals surface area contributed by atoms with E-state index >= 15 is 0 Å². The van der Waals surface area contributed by atoms with Gasteiger partial charge in [-0.15, -0.1) is 0 Å². The zero-order chi connectivity index (χ0) is 15.4. The summed E-state index contributed by atoms with van der Waals surface area (Å²) in [6.45, 7) is 0. The average Bonchev–Trinajstić information content (AvgIpc) is 2.45. The zero-order valence-corrected chi connectivity index (χ0v) is 13.0. The van der Waals surface area contributed by atoms with E-state index < -0.39 is 17.7 Å². The van der Waals surface area contributed by atoms with Gasteiger partial charge in [-0.25, -0.2) is 8.78 Å². The molecule has 1 heterocycles. The molecule has 0 saturated heterocycles. The number of amides is 1. The van der Waals surface area contributed by atoms with Crippen LogP contribution in [0.15, 0.2) is 42.7 Å². The number of halogens is 2. The van der Waals surface area contributed by atoms with E-state index in [4.69, 9.17) is 5.73 Å². The van der Waals surface area contributed by atoms with Gasteiger partial charge in [-0.05, 0) is 36.2 Å². The molecule has 0 unspecified atom stereocenters. The van der Waals surface area contributed by atoms with Crippen LogP contribution >= 0.6 is 13.5 Å². The summed E-state index contributed by atoms with van der Waals surface area (Å²) in [6.07, 6.45) is 3.18. The molecule has 0 spiro atoms. The standard InChI is InChI=1S/C15H15F2N3O.H2S/c1-20(13-3-2-4-19-9-13)15(21)14(18)7-10-5-11(16)8-12(17)6-10;/h2-6,8-9,14H,7,18H2,1H3;1H2/t14-;/m0./s1. The van der Waals surface area contributed by atoms with Crippen molar-refractivity contribution in [2.75, 3.05) is 11.9 Å². The van der Waals surface area contributed by atoms with Crippen LogP contribution in [-0.4, -0.2) is 24.0 Å². The van der Waals surface area contributed by atoms with Gasteiger partial charge in [0, 0.05) is 19.3 Å². The second-order valence-corrected chi connectivity index (χ2v) is 4.70. The Morgan fingerprint density at radius 2 is 1.95 bits per heavy atom. The topological polar surface area (TPSA) is 59.2 Å². The molecule has 0 aliphatic heterocycles. The Morgan fingerprint density at radius 3 is 2.50 bits per heavy atom. The SMILES string of the molecule is CN(C(=O)[C@@H](N)Cc1cc(F)cc(F)c1)c1cccnc1.S. The van der Waals surface area contributed by atoms with Crippen molar-refractivity contribution in [2.24, 2.45) is 5.73 Å². The highest BCUT2D eigenvalue weighted by Crippen LogP contribution is 2.13. The van der Waals surface area contributed by atoms with E-state index in [1.54, 1.807) is 25.4 Å². The first-order valence-corrected chi connectivity index (χ1v) is 6.35. The van der Waals surface area contributed by atoms with Crippen molar-refractivity contribution in [1.82, 2.24) is 4.98 Å². The molecule has 1 amide bonds. The number of likely N-dealkylation sites (N-methyl/N-ethyl adjacent to an activating group) is 1. The molecule has 0 radical (unpaired) electrons. The lowest BCUT2D eigenvalue weighted by atomic mass is 10.1. The third kappa shape index (κ3) is 4.51. The molecular weight excluding hydrogens is 308 g/mol. The summed E-state index contributed by atoms with van der Waals surface area (Å²) in [5.74, 6) is -1.73. The van der Waals surface area contributed by atoms with E-state index in [1.165, 1.54) is 23.2 Å². The molecule has 1 aromatic carbocycles. The third-order valence-corrected chi connectivity index (χ3v) is 3.06. The minimum absolute atomic E-state index is 0. The van der Waals surface area contributed by atoms with Crippen molar-refractivity contribution >= 4 is 25.1 Å². The maximum absolute atomic E-state index is 13.1. The van der Waals surface area contributed by atoms with Gasteiger partial charge in [-0.3, -0.25) is 9.78 Å². The number of nitrogens with two attached hydrogens (primary N) is 1. The number of benzene rings is 1. The molecule has 4 nitrogen and oxygen atoms in total. The van der Waals surface area contributed by atoms with E-state index in [2.05, 4.69) is 4.98 Å². The monoisotopic (exact) mass is 325 g/mol. The largest absolute Gasteiger partial charge is 0.320 e. The Bertz CT molecular complexity index is 620. The molecular formula is C15H17F2N3OS. The first-order chi connectivity index (χ1) is 9.97. The highest BCUT2D eigenvalue weighted by molar-refractivity contribution is 7.59. The van der Waals surface area contributed by atoms with Crippen LogP contribution in [0.4, 0.5) is 14.5 Å². The number of anilines is 1. The molecule has 1 atom stereocenters. The smallest absolute Gasteiger partial charge is 0.244 e. The van der Waals surface area contributed by atoms with Crippen LogP contribution in [-0.2, 0) is 11.2 Å². The molecule has 0 bridgehead atoms. The van der Waals surface area contributed by atoms with Gasteiger partial charge in [0.2, 0.25) is 5.91 Å². The molecule has 0 aliphatic carbocycles. The number of pyridine rings is 1. The maximum atomic E-state index is 13.1. The second kappa shape index (κ2) is 7.86. The molecule has 2 rings (SSSR count). The highest BCUT2D eigenvalue weighted by atomic mass is 32.1. The number of carbonyl (C=O) groups excluding carboxylic acids is 1. The maximum Gasteiger partial charge on any atom is 0.244 e. The number of hydrogen-bond acceptors (Lipinski definition) is 3. The number of rotatable bonds is 4. The van der Waals surface area contributed by atoms with Crippen LogP contribution in [0, 0.1) is 11.6 Å². The predicted octanol–water partition coefficient (Wildman–Crippen LogP) is 2.01. The lowest BCUT2D eigenvalue weighted by molar-refractivity contribution is -0.119. The summed E-state index contributed by atoms with van der Waals surface area (Å²) in [6, 6.07) is 5.64. The van der Waals surface area contributed by atoms with Gasteiger partial charge in [-0.2, -0.15) is 13.5 Å². The van der Waals surface area contributed by atoms with Crippen LogP contribution in [0.25, 0.3) is 0 Å². The Kier molecular flexibility index (Phi) is 6.45. The minimum Gasteiger partial charge on any atom is -0.320 e. The summed E-state index contributed by atoms with van der Waals surface area (Å²) in [5.41, 5.74) is 6.77. The summed E-state index contributed by atoms with van der Waals surface area (Å²) >= 11 is 0.